The van der Waals surface area contributed by atoms with Gasteiger partial charge in [0.2, 0.25) is 0 Å². The highest BCUT2D eigenvalue weighted by Crippen LogP contribution is 2.24. The molecule has 1 unspecified atom stereocenters. The summed E-state index contributed by atoms with van der Waals surface area (Å²) in [5, 5.41) is 8.80. The minimum atomic E-state index is 0.194. The van der Waals surface area contributed by atoms with Crippen LogP contribution >= 0.6 is 0 Å². The number of aromatic nitrogens is 2. The highest BCUT2D eigenvalue weighted by Gasteiger charge is 2.15. The lowest BCUT2D eigenvalue weighted by Gasteiger charge is -2.29. The van der Waals surface area contributed by atoms with Crippen molar-refractivity contribution in [3.05, 3.63) is 54.0 Å². The first kappa shape index (κ1) is 13.0. The summed E-state index contributed by atoms with van der Waals surface area (Å²) in [7, 11) is 0. The normalized spacial score (nSPS) is 11.6. The van der Waals surface area contributed by atoms with E-state index >= 15 is 0 Å². The monoisotopic (exact) mass is 252 g/mol. The zero-order valence-electron chi connectivity index (χ0n) is 11.1. The lowest BCUT2D eigenvalue weighted by Crippen LogP contribution is -2.27. The topological polar surface area (TPSA) is 52.8 Å². The first-order valence-electron chi connectivity index (χ1n) is 6.29. The predicted octanol–water partition coefficient (Wildman–Crippen LogP) is 2.94. The van der Waals surface area contributed by atoms with E-state index < -0.39 is 0 Å². The molecule has 2 heterocycles. The average molecular weight is 252 g/mol. The summed E-state index contributed by atoms with van der Waals surface area (Å²) >= 11 is 0. The van der Waals surface area contributed by atoms with Crippen molar-refractivity contribution in [1.82, 2.24) is 9.97 Å². The minimum absolute atomic E-state index is 0.194. The molecule has 0 bridgehead atoms. The highest BCUT2D eigenvalue weighted by atomic mass is 15.2. The molecule has 0 fully saturated rings. The third-order valence-corrected chi connectivity index (χ3v) is 3.15. The van der Waals surface area contributed by atoms with Gasteiger partial charge in [-0.05, 0) is 37.6 Å². The van der Waals surface area contributed by atoms with Gasteiger partial charge in [0.1, 0.15) is 11.9 Å². The van der Waals surface area contributed by atoms with Gasteiger partial charge in [-0.3, -0.25) is 4.98 Å². The molecule has 0 spiro atoms. The van der Waals surface area contributed by atoms with Crippen molar-refractivity contribution in [2.75, 3.05) is 11.4 Å². The van der Waals surface area contributed by atoms with E-state index in [1.165, 1.54) is 0 Å². The molecule has 0 saturated heterocycles. The van der Waals surface area contributed by atoms with E-state index in [0.29, 0.717) is 5.56 Å². The van der Waals surface area contributed by atoms with Crippen molar-refractivity contribution in [2.45, 2.75) is 19.9 Å². The minimum Gasteiger partial charge on any atom is -0.350 e. The molecule has 2 aromatic heterocycles. The van der Waals surface area contributed by atoms with E-state index in [1.807, 2.05) is 18.3 Å². The zero-order chi connectivity index (χ0) is 13.7. The summed E-state index contributed by atoms with van der Waals surface area (Å²) in [4.78, 5) is 10.7. The van der Waals surface area contributed by atoms with Crippen molar-refractivity contribution in [2.24, 2.45) is 0 Å². The molecule has 4 nitrogen and oxygen atoms in total. The molecule has 0 saturated carbocycles. The van der Waals surface area contributed by atoms with Gasteiger partial charge < -0.3 is 4.90 Å². The first-order chi connectivity index (χ1) is 9.26. The molecule has 0 N–H and O–H groups in total. The summed E-state index contributed by atoms with van der Waals surface area (Å²) in [6.07, 6.45) is 5.25. The maximum atomic E-state index is 8.80. The van der Waals surface area contributed by atoms with E-state index in [9.17, 15) is 0 Å². The van der Waals surface area contributed by atoms with Gasteiger partial charge in [0.25, 0.3) is 0 Å². The van der Waals surface area contributed by atoms with Gasteiger partial charge in [-0.25, -0.2) is 4.98 Å². The Labute approximate surface area is 113 Å². The standard InChI is InChI=1S/C15H16N4/c1-3-19(12(2)14-5-4-8-17-11-14)15-7-6-13(9-16)10-18-15/h4-8,10-12H,3H2,1-2H3. The lowest BCUT2D eigenvalue weighted by atomic mass is 10.1. The van der Waals surface area contributed by atoms with Crippen molar-refractivity contribution in [3.8, 4) is 6.07 Å². The van der Waals surface area contributed by atoms with Crippen LogP contribution in [0, 0.1) is 11.3 Å². The van der Waals surface area contributed by atoms with Gasteiger partial charge in [-0.1, -0.05) is 6.07 Å². The smallest absolute Gasteiger partial charge is 0.129 e. The van der Waals surface area contributed by atoms with Crippen molar-refractivity contribution in [3.63, 3.8) is 0 Å². The molecule has 2 rings (SSSR count). The van der Waals surface area contributed by atoms with Gasteiger partial charge in [-0.15, -0.1) is 0 Å². The van der Waals surface area contributed by atoms with Gasteiger partial charge in [0.05, 0.1) is 11.6 Å². The number of hydrogen-bond donors (Lipinski definition) is 0. The Morgan fingerprint density at radius 1 is 1.32 bits per heavy atom. The molecule has 1 atom stereocenters. The van der Waals surface area contributed by atoms with Crippen LogP contribution in [-0.4, -0.2) is 16.5 Å². The summed E-state index contributed by atoms with van der Waals surface area (Å²) < 4.78 is 0. The number of nitriles is 1. The highest BCUT2D eigenvalue weighted by molar-refractivity contribution is 5.44. The number of anilines is 1. The quantitative estimate of drug-likeness (QED) is 0.839. The molecule has 0 aromatic carbocycles. The summed E-state index contributed by atoms with van der Waals surface area (Å²) in [5.41, 5.74) is 1.73. The maximum Gasteiger partial charge on any atom is 0.129 e. The molecule has 0 aliphatic carbocycles. The van der Waals surface area contributed by atoms with Gasteiger partial charge in [-0.2, -0.15) is 5.26 Å². The van der Waals surface area contributed by atoms with E-state index in [2.05, 4.69) is 40.9 Å². The molecular weight excluding hydrogens is 236 g/mol. The molecule has 96 valence electrons. The molecule has 0 aliphatic rings. The SMILES string of the molecule is CCN(c1ccc(C#N)cn1)C(C)c1cccnc1. The number of rotatable bonds is 4. The average Bonchev–Trinajstić information content (AvgIpc) is 2.49. The fraction of sp³-hybridized carbons (Fsp3) is 0.267. The third-order valence-electron chi connectivity index (χ3n) is 3.15. The van der Waals surface area contributed by atoms with Crippen LogP contribution in [-0.2, 0) is 0 Å². The number of nitrogens with zero attached hydrogens (tertiary/aromatic N) is 4. The van der Waals surface area contributed by atoms with Crippen molar-refractivity contribution < 1.29 is 0 Å². The van der Waals surface area contributed by atoms with Gasteiger partial charge in [0.15, 0.2) is 0 Å². The van der Waals surface area contributed by atoms with Crippen LogP contribution in [0.15, 0.2) is 42.9 Å². The summed E-state index contributed by atoms with van der Waals surface area (Å²) in [5.74, 6) is 0.873. The summed E-state index contributed by atoms with van der Waals surface area (Å²) in [6, 6.07) is 9.95. The largest absolute Gasteiger partial charge is 0.350 e. The Bertz CT molecular complexity index is 557. The molecule has 2 aromatic rings. The Morgan fingerprint density at radius 3 is 2.68 bits per heavy atom. The molecule has 4 heteroatoms. The van der Waals surface area contributed by atoms with Crippen LogP contribution < -0.4 is 4.90 Å². The van der Waals surface area contributed by atoms with Crippen LogP contribution in [0.1, 0.15) is 31.0 Å². The molecular formula is C15H16N4. The predicted molar refractivity (Wildman–Crippen MR) is 74.6 cm³/mol. The maximum absolute atomic E-state index is 8.80. The van der Waals surface area contributed by atoms with E-state index in [-0.39, 0.29) is 6.04 Å². The van der Waals surface area contributed by atoms with Crippen LogP contribution in [0.3, 0.4) is 0 Å². The van der Waals surface area contributed by atoms with Crippen LogP contribution in [0.2, 0.25) is 0 Å². The molecule has 0 aliphatic heterocycles. The molecule has 0 amide bonds. The van der Waals surface area contributed by atoms with Gasteiger partial charge in [0, 0.05) is 25.1 Å². The zero-order valence-corrected chi connectivity index (χ0v) is 11.1. The second-order valence-corrected chi connectivity index (χ2v) is 4.27. The Balaban J connectivity index is 2.26. The van der Waals surface area contributed by atoms with E-state index in [4.69, 9.17) is 5.26 Å². The summed E-state index contributed by atoms with van der Waals surface area (Å²) in [6.45, 7) is 5.06. The van der Waals surface area contributed by atoms with E-state index in [1.54, 1.807) is 18.5 Å². The second-order valence-electron chi connectivity index (χ2n) is 4.27. The molecule has 19 heavy (non-hydrogen) atoms. The first-order valence-corrected chi connectivity index (χ1v) is 6.29. The van der Waals surface area contributed by atoms with Crippen LogP contribution in [0.4, 0.5) is 5.82 Å². The lowest BCUT2D eigenvalue weighted by molar-refractivity contribution is 0.677. The van der Waals surface area contributed by atoms with Gasteiger partial charge >= 0.3 is 0 Å². The second kappa shape index (κ2) is 5.96. The molecule has 0 radical (unpaired) electrons. The Morgan fingerprint density at radius 2 is 2.16 bits per heavy atom. The number of pyridine rings is 2. The van der Waals surface area contributed by atoms with Crippen molar-refractivity contribution in [1.29, 1.82) is 5.26 Å². The van der Waals surface area contributed by atoms with Crippen LogP contribution in [0.25, 0.3) is 0 Å². The van der Waals surface area contributed by atoms with Crippen LogP contribution in [0.5, 0.6) is 0 Å². The Kier molecular flexibility index (Phi) is 4.09. The van der Waals surface area contributed by atoms with E-state index in [0.717, 1.165) is 17.9 Å². The van der Waals surface area contributed by atoms with Crippen molar-refractivity contribution >= 4 is 5.82 Å². The fourth-order valence-electron chi connectivity index (χ4n) is 2.06. The Hall–Kier alpha value is -2.41. The third kappa shape index (κ3) is 2.89. The number of hydrogen-bond acceptors (Lipinski definition) is 4. The fourth-order valence-corrected chi connectivity index (χ4v) is 2.06.